The number of urea groups is 1. The van der Waals surface area contributed by atoms with E-state index in [1.165, 1.54) is 55.5 Å². The monoisotopic (exact) mass is 1990 g/mol. The third-order valence-corrected chi connectivity index (χ3v) is 23.7. The van der Waals surface area contributed by atoms with Crippen molar-refractivity contribution < 1.29 is 131 Å². The van der Waals surface area contributed by atoms with E-state index >= 15 is 0 Å². The number of halogens is 13. The minimum Gasteiger partial charge on any atom is -0.870 e. The summed E-state index contributed by atoms with van der Waals surface area (Å²) in [7, 11) is 9.42. The molecule has 6 aromatic heterocycles. The molecule has 3 N–H and O–H groups in total. The third kappa shape index (κ3) is 27.0. The van der Waals surface area contributed by atoms with Crippen molar-refractivity contribution in [1.82, 2.24) is 79.4 Å². The number of amides is 6. The molecule has 8 atom stereocenters. The van der Waals surface area contributed by atoms with Gasteiger partial charge in [0.15, 0.2) is 34.5 Å². The van der Waals surface area contributed by atoms with Crippen LogP contribution in [0.5, 0.6) is 34.5 Å². The minimum atomic E-state index is -4.69. The number of hydrogen-bond acceptors (Lipinski definition) is 22. The molecule has 0 radical (unpaired) electrons. The molecule has 0 bridgehead atoms. The van der Waals surface area contributed by atoms with Crippen molar-refractivity contribution in [2.75, 3.05) is 88.3 Å². The van der Waals surface area contributed by atoms with E-state index in [1.807, 2.05) is 12.2 Å². The fraction of sp³-hybridized carbons (Fsp3) is 0.457. The van der Waals surface area contributed by atoms with Gasteiger partial charge in [-0.25, -0.2) is 43.4 Å². The molecule has 137 heavy (non-hydrogen) atoms. The Hall–Kier alpha value is -11.3. The summed E-state index contributed by atoms with van der Waals surface area (Å²) < 4.78 is 169. The largest absolute Gasteiger partial charge is 1.00 e. The topological polar surface area (TPSA) is 339 Å². The molecule has 3 aliphatic heterocycles. The maximum absolute atomic E-state index is 13.9. The van der Waals surface area contributed by atoms with E-state index in [9.17, 15) is 68.3 Å². The van der Waals surface area contributed by atoms with Crippen LogP contribution in [0.1, 0.15) is 128 Å². The number of rotatable bonds is 34. The number of unbranched alkanes of at least 4 members (excludes halogenated alkanes) is 6. The summed E-state index contributed by atoms with van der Waals surface area (Å²) >= 11 is 19.7. The Kier molecular flexibility index (Phi) is 38.8. The number of pyridine rings is 3. The molecule has 13 rings (SSSR count). The molecule has 1 aliphatic carbocycles. The molecule has 6 amide bonds. The number of aromatic nitrogens is 9. The summed E-state index contributed by atoms with van der Waals surface area (Å²) in [5.41, 5.74) is -4.69. The Labute approximate surface area is 818 Å². The fourth-order valence-corrected chi connectivity index (χ4v) is 16.4. The number of likely N-dealkylation sites (tertiary alicyclic amines) is 2. The Bertz CT molecular complexity index is 5790. The first-order valence-corrected chi connectivity index (χ1v) is 44.3. The maximum atomic E-state index is 13.9. The number of carbonyl (C=O) groups excluding carboxylic acids is 6. The Morgan fingerprint density at radius 1 is 0.526 bits per heavy atom. The quantitative estimate of drug-likeness (QED) is 0.0124. The van der Waals surface area contributed by atoms with Gasteiger partial charge in [0.05, 0.1) is 63.6 Å². The summed E-state index contributed by atoms with van der Waals surface area (Å²) in [6, 6.07) is 13.9. The van der Waals surface area contributed by atoms with E-state index < -0.39 is 95.2 Å². The number of alkyl halides is 9. The van der Waals surface area contributed by atoms with Crippen LogP contribution in [0.2, 0.25) is 15.1 Å². The van der Waals surface area contributed by atoms with Crippen LogP contribution in [0.4, 0.5) is 49.1 Å². The molecule has 45 heteroatoms. The van der Waals surface area contributed by atoms with Crippen LogP contribution in [0.3, 0.4) is 0 Å². The van der Waals surface area contributed by atoms with E-state index in [4.69, 9.17) is 72.7 Å². The van der Waals surface area contributed by atoms with Crippen LogP contribution in [0, 0.1) is 5.92 Å². The fourth-order valence-electron chi connectivity index (χ4n) is 15.6. The Morgan fingerprint density at radius 3 is 1.21 bits per heavy atom. The number of esters is 1. The molecular weight excluding hydrogens is 1890 g/mol. The molecular formula is C92H108Cl4F9LiN16O15. The van der Waals surface area contributed by atoms with Crippen LogP contribution in [-0.2, 0) is 47.2 Å². The second kappa shape index (κ2) is 47.9. The molecule has 9 aromatic rings. The van der Waals surface area contributed by atoms with Gasteiger partial charge in [-0.2, -0.15) is 54.8 Å². The van der Waals surface area contributed by atoms with Gasteiger partial charge in [-0.05, 0) is 147 Å². The van der Waals surface area contributed by atoms with Crippen LogP contribution >= 0.6 is 47.2 Å². The van der Waals surface area contributed by atoms with Gasteiger partial charge in [-0.15, -0.1) is 38.7 Å². The standard InChI is InChI=1S/C35H40ClF3N6O6.C31H37ClF3N5O5.C26H29ClF3N5O3.ClH.Li.H2O/c1-6-9-10-11-15-43(4)31(46)24-17-22(20-44(24)33(48)41-34(19-21(34)7-2)32(47)50-8-3)51-26-18-28(45-16-14-27(42-45)35(37,38)39)40-30-23(26)12-13-25(49-5)29(30)36;1-7-8-9-10-14-38(5)28(41)21-16-19(18-39(21)29(42)45-30(2,3)4)44-23-17-25(40-15-13-24(37-40)31(33,34)35)36-27-20(23)11-12-22(43-6)26(27)32;1-4-5-6-7-11-34(2)25(36)18-13-16(15-31-18)38-20-14-22(35-12-10-21(33-35)26(28,29)30)32-24-17(20)8-9-19(37-3)23(24)27;;;/h6-7,12-14,16,18,21-22,24H,1-2,8-11,15,17,19-20H2,3-5H3,(H,41,48);7,11-13,15,17,19,21H,1,8-10,14,16,18H2,2-6H3;4,8-10,12,14,16,18,31H,1,5-7,11,13,15H2,2-3H3;1H;;1H2/q;;;;+1;/p-1/t21-,22+,24+,34-;19-,21-;16-,18-;;;/m100.../s1. The second-order valence-corrected chi connectivity index (χ2v) is 34.4. The molecule has 0 spiro atoms. The Morgan fingerprint density at radius 2 is 0.883 bits per heavy atom. The first-order chi connectivity index (χ1) is 63.5. The maximum Gasteiger partial charge on any atom is 1.00 e. The Balaban J connectivity index is 0.000000252. The predicted octanol–water partition coefficient (Wildman–Crippen LogP) is 14.9. The smallest absolute Gasteiger partial charge is 0.870 e. The number of benzene rings is 3. The zero-order chi connectivity index (χ0) is 97.6. The molecule has 1 saturated carbocycles. The van der Waals surface area contributed by atoms with Crippen molar-refractivity contribution in [3.05, 3.63) is 174 Å². The van der Waals surface area contributed by atoms with Crippen molar-refractivity contribution in [3.8, 4) is 52.0 Å². The van der Waals surface area contributed by atoms with Crippen LogP contribution in [-0.4, -0.2) is 246 Å². The molecule has 4 fully saturated rings. The van der Waals surface area contributed by atoms with Gasteiger partial charge in [-0.3, -0.25) is 19.3 Å². The summed E-state index contributed by atoms with van der Waals surface area (Å²) in [4.78, 5) is 102. The average molecular weight is 2000 g/mol. The van der Waals surface area contributed by atoms with E-state index in [2.05, 4.69) is 67.2 Å². The van der Waals surface area contributed by atoms with Crippen molar-refractivity contribution in [3.63, 3.8) is 0 Å². The van der Waals surface area contributed by atoms with E-state index in [-0.39, 0.29) is 160 Å². The summed E-state index contributed by atoms with van der Waals surface area (Å²) in [6.45, 7) is 23.9. The summed E-state index contributed by atoms with van der Waals surface area (Å²) in [5.74, 6) is 0.246. The first kappa shape index (κ1) is 111. The van der Waals surface area contributed by atoms with Crippen molar-refractivity contribution in [2.24, 2.45) is 5.92 Å². The number of likely N-dealkylation sites (N-methyl/N-ethyl adjacent to an activating group) is 3. The van der Waals surface area contributed by atoms with Crippen molar-refractivity contribution >= 4 is 116 Å². The number of nitrogens with one attached hydrogen (secondary N) is 2. The minimum absolute atomic E-state index is 0. The number of ether oxygens (including phenoxy) is 8. The van der Waals surface area contributed by atoms with Crippen LogP contribution < -0.4 is 57.9 Å². The molecule has 0 unspecified atom stereocenters. The zero-order valence-corrected chi connectivity index (χ0v) is 80.4. The van der Waals surface area contributed by atoms with E-state index in [1.54, 1.807) is 112 Å². The van der Waals surface area contributed by atoms with Gasteiger partial charge >= 0.3 is 55.5 Å². The van der Waals surface area contributed by atoms with E-state index in [0.29, 0.717) is 77.9 Å². The van der Waals surface area contributed by atoms with Gasteiger partial charge in [0.1, 0.15) is 91.1 Å². The van der Waals surface area contributed by atoms with Crippen molar-refractivity contribution in [2.45, 2.75) is 177 Å². The van der Waals surface area contributed by atoms with Crippen LogP contribution in [0.25, 0.3) is 50.2 Å². The normalized spacial score (nSPS) is 18.3. The van der Waals surface area contributed by atoms with Gasteiger partial charge < -0.3 is 73.6 Å². The predicted molar refractivity (Wildman–Crippen MR) is 493 cm³/mol. The molecule has 31 nitrogen and oxygen atoms in total. The van der Waals surface area contributed by atoms with Gasteiger partial charge in [-0.1, -0.05) is 59.1 Å². The number of nitrogens with zero attached hydrogens (tertiary/aromatic N) is 14. The van der Waals surface area contributed by atoms with Gasteiger partial charge in [0.25, 0.3) is 0 Å². The second-order valence-electron chi connectivity index (χ2n) is 33.3. The number of carbonyl (C=O) groups is 6. The number of allylic oxidation sites excluding steroid dienone is 3. The zero-order valence-electron chi connectivity index (χ0n) is 77.3. The SMILES string of the molecule is C=CCCCCN(C)C(=O)[C@@H]1C[C@H](Oc2cc(-n3ccc(C(F)(F)F)n3)nc3c(Cl)c(OC)ccc23)CN1.C=CCCCCN(C)C(=O)[C@@H]1C[C@H](Oc2cc(-n3ccc(C(F)(F)F)n3)nc3c(Cl)c(OC)ccc23)CN1C(=O)N[C@]1(C(=O)OCC)C[C@H]1C=C.C=CCCCCN(C)C(=O)[C@@H]1C[C@H](Oc2cc(-n3ccc(C(F)(F)F)n3)nc3c(Cl)c(OC)ccc23)CN1C(=O)OC(C)(C)C.Cl.[Li+].[OH-]. The molecule has 3 saturated heterocycles. The number of hydrogen-bond donors (Lipinski definition) is 2. The number of methoxy groups -OCH3 is 3. The molecule has 4 aliphatic rings. The summed E-state index contributed by atoms with van der Waals surface area (Å²) in [5, 5.41) is 18.8. The number of fused-ring (bicyclic) bond motifs is 3. The van der Waals surface area contributed by atoms with Gasteiger partial charge in [0.2, 0.25) is 17.7 Å². The molecule has 9 heterocycles. The van der Waals surface area contributed by atoms with Crippen molar-refractivity contribution in [1.29, 1.82) is 0 Å². The first-order valence-electron chi connectivity index (χ1n) is 43.1. The third-order valence-electron chi connectivity index (χ3n) is 22.6. The summed E-state index contributed by atoms with van der Waals surface area (Å²) in [6.07, 6.45) is 2.64. The van der Waals surface area contributed by atoms with E-state index in [0.717, 1.165) is 102 Å². The molecule has 738 valence electrons. The van der Waals surface area contributed by atoms with Gasteiger partial charge in [0, 0.05) is 125 Å². The van der Waals surface area contributed by atoms with Crippen LogP contribution in [0.15, 0.2) is 142 Å². The average Bonchev–Trinajstić information content (AvgIpc) is 1.58. The molecule has 3 aromatic carbocycles.